The van der Waals surface area contributed by atoms with E-state index in [1.165, 1.54) is 6.07 Å². The Morgan fingerprint density at radius 2 is 1.76 bits per heavy atom. The van der Waals surface area contributed by atoms with Crippen molar-refractivity contribution in [2.45, 2.75) is 32.4 Å². The first-order valence-corrected chi connectivity index (χ1v) is 12.7. The summed E-state index contributed by atoms with van der Waals surface area (Å²) in [6.45, 7) is 2.19. The van der Waals surface area contributed by atoms with E-state index in [1.807, 2.05) is 43.3 Å². The maximum Gasteiger partial charge on any atom is 0.264 e. The first-order chi connectivity index (χ1) is 17.9. The van der Waals surface area contributed by atoms with Gasteiger partial charge < -0.3 is 16.0 Å². The highest BCUT2D eigenvalue weighted by Crippen LogP contribution is 2.34. The van der Waals surface area contributed by atoms with Crippen molar-refractivity contribution in [3.05, 3.63) is 99.9 Å². The molecule has 0 aliphatic heterocycles. The van der Waals surface area contributed by atoms with E-state index in [-0.39, 0.29) is 34.0 Å². The number of aryl methyl sites for hydroxylation is 1. The van der Waals surface area contributed by atoms with Crippen LogP contribution in [0.2, 0.25) is 0 Å². The zero-order valence-electron chi connectivity index (χ0n) is 20.0. The fraction of sp³-hybridized carbons (Fsp3) is 0.179. The largest absolute Gasteiger partial charge is 0.349 e. The van der Waals surface area contributed by atoms with E-state index in [1.54, 1.807) is 12.1 Å². The number of carbonyl (C=O) groups excluding carboxylic acids is 2. The second-order valence-corrected chi connectivity index (χ2v) is 9.90. The van der Waals surface area contributed by atoms with Gasteiger partial charge in [0.15, 0.2) is 16.8 Å². The molecule has 0 atom stereocenters. The van der Waals surface area contributed by atoms with E-state index >= 15 is 0 Å². The van der Waals surface area contributed by atoms with Crippen LogP contribution in [-0.4, -0.2) is 22.8 Å². The van der Waals surface area contributed by atoms with Crippen molar-refractivity contribution >= 4 is 34.0 Å². The average molecular weight is 519 g/mol. The summed E-state index contributed by atoms with van der Waals surface area (Å²) < 4.78 is 27.6. The number of nitrogens with one attached hydrogen (secondary N) is 3. The van der Waals surface area contributed by atoms with Gasteiger partial charge in [-0.25, -0.2) is 13.8 Å². The number of halogens is 2. The molecule has 9 heteroatoms. The standard InChI is InChI=1S/C28H24F2N4O2S/c1-16-7-8-19(26(35)32-20-10-11-20)14-23(16)33-28-34-24(18-9-12-21(29)22(30)13-18)25(37-28)27(36)31-15-17-5-3-2-4-6-17/h2-9,12-14,20H,10-11,15H2,1H3,(H,31,36)(H,32,35)(H,33,34). The van der Waals surface area contributed by atoms with Crippen molar-refractivity contribution in [2.75, 3.05) is 5.32 Å². The van der Waals surface area contributed by atoms with Crippen molar-refractivity contribution in [3.63, 3.8) is 0 Å². The molecule has 1 fully saturated rings. The molecule has 188 valence electrons. The Bertz CT molecular complexity index is 1470. The van der Waals surface area contributed by atoms with Crippen LogP contribution in [0.25, 0.3) is 11.3 Å². The van der Waals surface area contributed by atoms with E-state index in [4.69, 9.17) is 0 Å². The van der Waals surface area contributed by atoms with Crippen LogP contribution >= 0.6 is 11.3 Å². The normalized spacial score (nSPS) is 12.7. The number of benzene rings is 3. The third-order valence-corrected chi connectivity index (χ3v) is 6.95. The zero-order valence-corrected chi connectivity index (χ0v) is 20.8. The van der Waals surface area contributed by atoms with Gasteiger partial charge in [-0.15, -0.1) is 0 Å². The Balaban J connectivity index is 1.44. The third kappa shape index (κ3) is 5.83. The second kappa shape index (κ2) is 10.5. The lowest BCUT2D eigenvalue weighted by atomic mass is 10.1. The van der Waals surface area contributed by atoms with Gasteiger partial charge in [-0.05, 0) is 61.2 Å². The quantitative estimate of drug-likeness (QED) is 0.269. The third-order valence-electron chi connectivity index (χ3n) is 5.98. The number of thiazole rings is 1. The van der Waals surface area contributed by atoms with Crippen LogP contribution in [0.3, 0.4) is 0 Å². The molecule has 1 heterocycles. The molecule has 3 N–H and O–H groups in total. The molecule has 1 aliphatic carbocycles. The number of carbonyl (C=O) groups is 2. The Morgan fingerprint density at radius 3 is 2.49 bits per heavy atom. The highest BCUT2D eigenvalue weighted by atomic mass is 32.1. The van der Waals surface area contributed by atoms with Crippen LogP contribution in [0, 0.1) is 18.6 Å². The molecule has 0 unspecified atom stereocenters. The highest BCUT2D eigenvalue weighted by Gasteiger charge is 2.24. The molecule has 1 saturated carbocycles. The van der Waals surface area contributed by atoms with Gasteiger partial charge in [0.2, 0.25) is 0 Å². The number of hydrogen-bond acceptors (Lipinski definition) is 5. The Hall–Kier alpha value is -4.11. The van der Waals surface area contributed by atoms with Crippen LogP contribution in [0.15, 0.2) is 66.7 Å². The van der Waals surface area contributed by atoms with Gasteiger partial charge in [0.05, 0.1) is 5.69 Å². The molecule has 37 heavy (non-hydrogen) atoms. The van der Waals surface area contributed by atoms with Gasteiger partial charge >= 0.3 is 0 Å². The van der Waals surface area contributed by atoms with Crippen molar-refractivity contribution < 1.29 is 18.4 Å². The molecular formula is C28H24F2N4O2S. The minimum atomic E-state index is -1.03. The van der Waals surface area contributed by atoms with E-state index in [9.17, 15) is 18.4 Å². The molecule has 5 rings (SSSR count). The van der Waals surface area contributed by atoms with Crippen molar-refractivity contribution in [2.24, 2.45) is 0 Å². The lowest BCUT2D eigenvalue weighted by Crippen LogP contribution is -2.25. The first kappa shape index (κ1) is 24.6. The SMILES string of the molecule is Cc1ccc(C(=O)NC2CC2)cc1Nc1nc(-c2ccc(F)c(F)c2)c(C(=O)NCc2ccccc2)s1. The van der Waals surface area contributed by atoms with Gasteiger partial charge in [-0.2, -0.15) is 0 Å². The molecular weight excluding hydrogens is 494 g/mol. The summed E-state index contributed by atoms with van der Waals surface area (Å²) in [5.41, 5.74) is 3.48. The molecule has 2 amide bonds. The first-order valence-electron chi connectivity index (χ1n) is 11.8. The minimum Gasteiger partial charge on any atom is -0.349 e. The van der Waals surface area contributed by atoms with Crippen LogP contribution < -0.4 is 16.0 Å². The summed E-state index contributed by atoms with van der Waals surface area (Å²) in [5.74, 6) is -2.54. The van der Waals surface area contributed by atoms with Gasteiger partial charge in [0.1, 0.15) is 4.88 Å². The second-order valence-electron chi connectivity index (χ2n) is 8.90. The van der Waals surface area contributed by atoms with Crippen molar-refractivity contribution in [3.8, 4) is 11.3 Å². The van der Waals surface area contributed by atoms with Crippen LogP contribution in [0.1, 0.15) is 44.0 Å². The zero-order chi connectivity index (χ0) is 25.9. The number of amides is 2. The predicted molar refractivity (Wildman–Crippen MR) is 140 cm³/mol. The molecule has 0 saturated heterocycles. The number of rotatable bonds is 8. The number of aromatic nitrogens is 1. The molecule has 0 radical (unpaired) electrons. The highest BCUT2D eigenvalue weighted by molar-refractivity contribution is 7.18. The summed E-state index contributed by atoms with van der Waals surface area (Å²) in [6, 6.07) is 18.4. The van der Waals surface area contributed by atoms with Gasteiger partial charge in [0.25, 0.3) is 11.8 Å². The summed E-state index contributed by atoms with van der Waals surface area (Å²) in [4.78, 5) is 30.5. The van der Waals surface area contributed by atoms with Crippen molar-refractivity contribution in [1.29, 1.82) is 0 Å². The van der Waals surface area contributed by atoms with E-state index in [0.29, 0.717) is 22.9 Å². The molecule has 4 aromatic rings. The van der Waals surface area contributed by atoms with Gasteiger partial charge in [0, 0.05) is 29.4 Å². The number of nitrogens with zero attached hydrogens (tertiary/aromatic N) is 1. The van der Waals surface area contributed by atoms with E-state index < -0.39 is 11.6 Å². The van der Waals surface area contributed by atoms with Crippen LogP contribution in [0.4, 0.5) is 19.6 Å². The molecule has 3 aromatic carbocycles. The Kier molecular flexibility index (Phi) is 6.96. The Labute approximate surface area is 216 Å². The molecule has 1 aromatic heterocycles. The summed E-state index contributed by atoms with van der Waals surface area (Å²) in [7, 11) is 0. The minimum absolute atomic E-state index is 0.145. The smallest absolute Gasteiger partial charge is 0.264 e. The predicted octanol–water partition coefficient (Wildman–Crippen LogP) is 5.96. The lowest BCUT2D eigenvalue weighted by Gasteiger charge is -2.10. The maximum atomic E-state index is 14.0. The summed E-state index contributed by atoms with van der Waals surface area (Å²) in [5, 5.41) is 9.42. The Morgan fingerprint density at radius 1 is 0.973 bits per heavy atom. The van der Waals surface area contributed by atoms with E-state index in [0.717, 1.165) is 47.4 Å². The summed E-state index contributed by atoms with van der Waals surface area (Å²) >= 11 is 1.10. The molecule has 6 nitrogen and oxygen atoms in total. The lowest BCUT2D eigenvalue weighted by molar-refractivity contribution is 0.0944. The fourth-order valence-corrected chi connectivity index (χ4v) is 4.65. The molecule has 0 bridgehead atoms. The maximum absolute atomic E-state index is 14.0. The topological polar surface area (TPSA) is 83.1 Å². The number of hydrogen-bond donors (Lipinski definition) is 3. The van der Waals surface area contributed by atoms with Crippen LogP contribution in [-0.2, 0) is 6.54 Å². The van der Waals surface area contributed by atoms with Crippen LogP contribution in [0.5, 0.6) is 0 Å². The number of anilines is 2. The van der Waals surface area contributed by atoms with Crippen molar-refractivity contribution in [1.82, 2.24) is 15.6 Å². The summed E-state index contributed by atoms with van der Waals surface area (Å²) in [6.07, 6.45) is 1.98. The molecule has 1 aliphatic rings. The van der Waals surface area contributed by atoms with Gasteiger partial charge in [-0.3, -0.25) is 9.59 Å². The molecule has 0 spiro atoms. The monoisotopic (exact) mass is 518 g/mol. The average Bonchev–Trinajstić information content (AvgIpc) is 3.62. The van der Waals surface area contributed by atoms with E-state index in [2.05, 4.69) is 20.9 Å². The fourth-order valence-electron chi connectivity index (χ4n) is 3.73. The van der Waals surface area contributed by atoms with Gasteiger partial charge in [-0.1, -0.05) is 47.7 Å².